The van der Waals surface area contributed by atoms with Gasteiger partial charge in [0.25, 0.3) is 0 Å². The van der Waals surface area contributed by atoms with Crippen LogP contribution in [0.2, 0.25) is 0 Å². The number of aromatic nitrogens is 2. The van der Waals surface area contributed by atoms with Crippen molar-refractivity contribution in [3.05, 3.63) is 66.4 Å². The van der Waals surface area contributed by atoms with Crippen molar-refractivity contribution in [1.29, 1.82) is 0 Å². The Morgan fingerprint density at radius 1 is 1.07 bits per heavy atom. The summed E-state index contributed by atoms with van der Waals surface area (Å²) in [6, 6.07) is 17.6. The van der Waals surface area contributed by atoms with E-state index in [9.17, 15) is 8.42 Å². The van der Waals surface area contributed by atoms with E-state index in [1.165, 1.54) is 6.26 Å². The maximum absolute atomic E-state index is 11.3. The van der Waals surface area contributed by atoms with Crippen molar-refractivity contribution in [2.75, 3.05) is 25.7 Å². The van der Waals surface area contributed by atoms with Crippen LogP contribution in [-0.4, -0.2) is 43.9 Å². The summed E-state index contributed by atoms with van der Waals surface area (Å²) in [4.78, 5) is 0. The highest BCUT2D eigenvalue weighted by molar-refractivity contribution is 7.90. The number of hydrogen-bond donors (Lipinski definition) is 1. The quantitative estimate of drug-likeness (QED) is 0.604. The summed E-state index contributed by atoms with van der Waals surface area (Å²) in [6.45, 7) is 0.932. The van der Waals surface area contributed by atoms with E-state index < -0.39 is 9.84 Å². The fraction of sp³-hybridized carbons (Fsp3) is 0.250. The largest absolute Gasteiger partial charge is 0.497 e. The van der Waals surface area contributed by atoms with E-state index in [0.29, 0.717) is 13.1 Å². The van der Waals surface area contributed by atoms with Gasteiger partial charge in [0.2, 0.25) is 0 Å². The summed E-state index contributed by atoms with van der Waals surface area (Å²) in [5.41, 5.74) is 3.80. The minimum Gasteiger partial charge on any atom is -0.497 e. The van der Waals surface area contributed by atoms with Crippen molar-refractivity contribution in [3.63, 3.8) is 0 Å². The van der Waals surface area contributed by atoms with Crippen LogP contribution in [0.15, 0.2) is 60.8 Å². The average molecular weight is 385 g/mol. The molecule has 1 heterocycles. The zero-order valence-corrected chi connectivity index (χ0v) is 16.2. The number of hydrogen-bond acceptors (Lipinski definition) is 5. The lowest BCUT2D eigenvalue weighted by atomic mass is 10.1. The minimum atomic E-state index is -2.98. The first kappa shape index (κ1) is 19.1. The molecule has 0 atom stereocenters. The highest BCUT2D eigenvalue weighted by Crippen LogP contribution is 2.25. The van der Waals surface area contributed by atoms with Gasteiger partial charge in [0.15, 0.2) is 0 Å². The Morgan fingerprint density at radius 3 is 2.41 bits per heavy atom. The number of nitrogens with zero attached hydrogens (tertiary/aromatic N) is 2. The van der Waals surface area contributed by atoms with Gasteiger partial charge < -0.3 is 10.1 Å². The third-order valence-corrected chi connectivity index (χ3v) is 5.08. The van der Waals surface area contributed by atoms with Gasteiger partial charge in [-0.05, 0) is 36.4 Å². The molecule has 142 valence electrons. The van der Waals surface area contributed by atoms with Gasteiger partial charge in [-0.1, -0.05) is 18.2 Å². The summed E-state index contributed by atoms with van der Waals surface area (Å²) in [5, 5.41) is 7.95. The third-order valence-electron chi connectivity index (χ3n) is 4.14. The number of methoxy groups -OCH3 is 1. The van der Waals surface area contributed by atoms with Crippen molar-refractivity contribution < 1.29 is 13.2 Å². The number of para-hydroxylation sites is 1. The van der Waals surface area contributed by atoms with Crippen molar-refractivity contribution in [2.45, 2.75) is 6.54 Å². The van der Waals surface area contributed by atoms with Crippen molar-refractivity contribution in [1.82, 2.24) is 15.1 Å². The molecule has 2 aromatic carbocycles. The molecular weight excluding hydrogens is 362 g/mol. The SMILES string of the molecule is COc1ccc(-c2nn(-c3ccccc3)cc2CNCCS(C)(=O)=O)cc1. The zero-order chi connectivity index (χ0) is 19.3. The van der Waals surface area contributed by atoms with Crippen molar-refractivity contribution in [2.24, 2.45) is 0 Å². The third kappa shape index (κ3) is 5.18. The molecular formula is C20H23N3O3S. The van der Waals surface area contributed by atoms with Crippen molar-refractivity contribution >= 4 is 9.84 Å². The molecule has 0 unspecified atom stereocenters. The van der Waals surface area contributed by atoms with Gasteiger partial charge in [0.05, 0.1) is 24.2 Å². The fourth-order valence-corrected chi connectivity index (χ4v) is 3.24. The van der Waals surface area contributed by atoms with Crippen LogP contribution in [0.5, 0.6) is 5.75 Å². The van der Waals surface area contributed by atoms with E-state index >= 15 is 0 Å². The second-order valence-electron chi connectivity index (χ2n) is 6.32. The highest BCUT2D eigenvalue weighted by Gasteiger charge is 2.13. The van der Waals surface area contributed by atoms with Crippen LogP contribution in [0, 0.1) is 0 Å². The van der Waals surface area contributed by atoms with E-state index in [4.69, 9.17) is 9.84 Å². The van der Waals surface area contributed by atoms with E-state index in [1.54, 1.807) is 7.11 Å². The summed E-state index contributed by atoms with van der Waals surface area (Å²) < 4.78 is 29.7. The number of nitrogens with one attached hydrogen (secondary N) is 1. The molecule has 0 aliphatic carbocycles. The predicted octanol–water partition coefficient (Wildman–Crippen LogP) is 2.68. The number of benzene rings is 2. The van der Waals surface area contributed by atoms with Gasteiger partial charge in [0.1, 0.15) is 15.6 Å². The first-order valence-electron chi connectivity index (χ1n) is 8.63. The topological polar surface area (TPSA) is 73.2 Å². The molecule has 0 amide bonds. The van der Waals surface area contributed by atoms with E-state index in [1.807, 2.05) is 65.5 Å². The summed E-state index contributed by atoms with van der Waals surface area (Å²) in [7, 11) is -1.35. The average Bonchev–Trinajstić information content (AvgIpc) is 3.09. The number of rotatable bonds is 8. The molecule has 1 N–H and O–H groups in total. The minimum absolute atomic E-state index is 0.109. The first-order chi connectivity index (χ1) is 13.0. The van der Waals surface area contributed by atoms with Crippen LogP contribution in [-0.2, 0) is 16.4 Å². The summed E-state index contributed by atoms with van der Waals surface area (Å²) in [5.74, 6) is 0.895. The second kappa shape index (κ2) is 8.37. The van der Waals surface area contributed by atoms with Crippen molar-refractivity contribution in [3.8, 4) is 22.7 Å². The van der Waals surface area contributed by atoms with E-state index in [-0.39, 0.29) is 5.75 Å². The van der Waals surface area contributed by atoms with E-state index in [0.717, 1.165) is 28.3 Å². The Bertz CT molecular complexity index is 981. The smallest absolute Gasteiger partial charge is 0.148 e. The molecule has 3 aromatic rings. The monoisotopic (exact) mass is 385 g/mol. The molecule has 3 rings (SSSR count). The van der Waals surface area contributed by atoms with Gasteiger partial charge in [-0.25, -0.2) is 13.1 Å². The highest BCUT2D eigenvalue weighted by atomic mass is 32.2. The first-order valence-corrected chi connectivity index (χ1v) is 10.7. The zero-order valence-electron chi connectivity index (χ0n) is 15.4. The normalized spacial score (nSPS) is 11.5. The Morgan fingerprint density at radius 2 is 1.78 bits per heavy atom. The Balaban J connectivity index is 1.87. The van der Waals surface area contributed by atoms with Crippen LogP contribution >= 0.6 is 0 Å². The molecule has 0 fully saturated rings. The molecule has 0 aliphatic heterocycles. The number of sulfone groups is 1. The Labute approximate surface area is 159 Å². The molecule has 0 bridgehead atoms. The maximum Gasteiger partial charge on any atom is 0.148 e. The molecule has 0 saturated heterocycles. The predicted molar refractivity (Wildman–Crippen MR) is 107 cm³/mol. The van der Waals surface area contributed by atoms with Gasteiger partial charge >= 0.3 is 0 Å². The summed E-state index contributed by atoms with van der Waals surface area (Å²) >= 11 is 0. The molecule has 27 heavy (non-hydrogen) atoms. The molecule has 7 heteroatoms. The lowest BCUT2D eigenvalue weighted by molar-refractivity contribution is 0.415. The molecule has 0 aliphatic rings. The lowest BCUT2D eigenvalue weighted by Crippen LogP contribution is -2.22. The fourth-order valence-electron chi connectivity index (χ4n) is 2.72. The lowest BCUT2D eigenvalue weighted by Gasteiger charge is -2.05. The maximum atomic E-state index is 11.3. The van der Waals surface area contributed by atoms with Gasteiger partial charge in [-0.3, -0.25) is 0 Å². The van der Waals surface area contributed by atoms with Crippen LogP contribution in [0.4, 0.5) is 0 Å². The molecule has 6 nitrogen and oxygen atoms in total. The summed E-state index contributed by atoms with van der Waals surface area (Å²) in [6.07, 6.45) is 3.22. The van der Waals surface area contributed by atoms with Gasteiger partial charge in [-0.15, -0.1) is 0 Å². The molecule has 0 spiro atoms. The molecule has 0 saturated carbocycles. The van der Waals surface area contributed by atoms with Gasteiger partial charge in [0, 0.05) is 36.7 Å². The number of ether oxygens (including phenoxy) is 1. The van der Waals surface area contributed by atoms with Crippen LogP contribution in [0.1, 0.15) is 5.56 Å². The second-order valence-corrected chi connectivity index (χ2v) is 8.58. The molecule has 1 aromatic heterocycles. The Hall–Kier alpha value is -2.64. The Kier molecular flexibility index (Phi) is 5.93. The van der Waals surface area contributed by atoms with Crippen LogP contribution in [0.25, 0.3) is 16.9 Å². The van der Waals surface area contributed by atoms with Crippen LogP contribution < -0.4 is 10.1 Å². The van der Waals surface area contributed by atoms with Gasteiger partial charge in [-0.2, -0.15) is 5.10 Å². The van der Waals surface area contributed by atoms with Crippen LogP contribution in [0.3, 0.4) is 0 Å². The molecule has 0 radical (unpaired) electrons. The van der Waals surface area contributed by atoms with E-state index in [2.05, 4.69) is 5.32 Å². The standard InChI is InChI=1S/C20H23N3O3S/c1-26-19-10-8-16(9-11-19)20-17(14-21-12-13-27(2,24)25)15-23(22-20)18-6-4-3-5-7-18/h3-11,15,21H,12-14H2,1-2H3.